The van der Waals surface area contributed by atoms with Crippen molar-refractivity contribution < 1.29 is 39.0 Å². The summed E-state index contributed by atoms with van der Waals surface area (Å²) in [6.45, 7) is 10.2. The maximum absolute atomic E-state index is 13.7. The third-order valence-corrected chi connectivity index (χ3v) is 12.9. The first-order valence-corrected chi connectivity index (χ1v) is 23.7. The fourth-order valence-corrected chi connectivity index (χ4v) is 8.30. The molecule has 70 heavy (non-hydrogen) atoms. The van der Waals surface area contributed by atoms with Gasteiger partial charge >= 0.3 is 0 Å². The third kappa shape index (κ3) is 11.4. The van der Waals surface area contributed by atoms with Crippen LogP contribution in [-0.4, -0.2) is 106 Å². The smallest absolute Gasteiger partial charge is 0.279 e. The van der Waals surface area contributed by atoms with Crippen LogP contribution in [0.15, 0.2) is 120 Å². The number of nitrogens with zero attached hydrogens (tertiary/aromatic N) is 4. The van der Waals surface area contributed by atoms with E-state index in [1.165, 1.54) is 31.7 Å². The zero-order chi connectivity index (χ0) is 51.0. The summed E-state index contributed by atoms with van der Waals surface area (Å²) in [5, 5.41) is 34.1. The number of carbonyl (C=O) groups excluding carboxylic acids is 6. The predicted molar refractivity (Wildman–Crippen MR) is 269 cm³/mol. The summed E-state index contributed by atoms with van der Waals surface area (Å²) in [7, 11) is 6.37. The Morgan fingerprint density at radius 3 is 1.57 bits per heavy atom. The Kier molecular flexibility index (Phi) is 16.4. The Morgan fingerprint density at radius 1 is 0.629 bits per heavy atom. The molecule has 2 heterocycles. The molecule has 4 aromatic rings. The number of amides is 6. The second kappa shape index (κ2) is 22.2. The highest BCUT2D eigenvalue weighted by Crippen LogP contribution is 2.36. The maximum Gasteiger partial charge on any atom is 0.279 e. The summed E-state index contributed by atoms with van der Waals surface area (Å²) in [6.07, 6.45) is 5.32. The van der Waals surface area contributed by atoms with Crippen LogP contribution in [0.4, 0.5) is 11.4 Å². The second-order valence-electron chi connectivity index (χ2n) is 19.3. The molecule has 1 aliphatic carbocycles. The van der Waals surface area contributed by atoms with Gasteiger partial charge in [0.15, 0.2) is 11.5 Å². The standard InChI is InChI=1S/C28H34N4O4.C26H32N4O4/c1-4-21(18-12-7-5-8-13-18)29-23-24(28(36)32(27(23)35)19-14-9-6-10-15-19)30-22-17-11-16-20(25(22)33)26(34)31(2)3;1-16(26(2,3)4)27-20-21(25(34)30(24(20)33)15-17-11-8-7-9-12-17)28-19-14-10-13-18(22(19)31)23(32)29(5)6/h5,7-8,11-13,16-17,19,21,29-30,33H,4,6,9-10,14-15H2,1-3H3;7-14,16,27-28,31H,15H2,1-6H3/t21-;16-/m10/s1. The third-order valence-electron chi connectivity index (χ3n) is 12.9. The molecule has 6 N–H and O–H groups in total. The minimum absolute atomic E-state index is 0.0294. The summed E-state index contributed by atoms with van der Waals surface area (Å²) >= 11 is 0. The van der Waals surface area contributed by atoms with Gasteiger partial charge in [0.2, 0.25) is 0 Å². The Morgan fingerprint density at radius 2 is 1.09 bits per heavy atom. The minimum Gasteiger partial charge on any atom is -0.505 e. The van der Waals surface area contributed by atoms with E-state index in [0.717, 1.165) is 43.2 Å². The van der Waals surface area contributed by atoms with Crippen LogP contribution in [0.2, 0.25) is 0 Å². The Balaban J connectivity index is 0.000000230. The van der Waals surface area contributed by atoms with Crippen LogP contribution in [0.3, 0.4) is 0 Å². The summed E-state index contributed by atoms with van der Waals surface area (Å²) in [4.78, 5) is 84.3. The summed E-state index contributed by atoms with van der Waals surface area (Å²) in [6, 6.07) is 28.0. The van der Waals surface area contributed by atoms with Gasteiger partial charge in [-0.1, -0.05) is 120 Å². The molecule has 4 aromatic carbocycles. The van der Waals surface area contributed by atoms with Gasteiger partial charge in [0, 0.05) is 40.3 Å². The molecule has 16 heteroatoms. The lowest BCUT2D eigenvalue weighted by atomic mass is 9.88. The molecule has 1 saturated carbocycles. The van der Waals surface area contributed by atoms with Gasteiger partial charge in [0.05, 0.1) is 35.1 Å². The molecule has 0 saturated heterocycles. The summed E-state index contributed by atoms with van der Waals surface area (Å²) < 4.78 is 0. The summed E-state index contributed by atoms with van der Waals surface area (Å²) in [5.74, 6) is -3.04. The largest absolute Gasteiger partial charge is 0.505 e. The van der Waals surface area contributed by atoms with Crippen molar-refractivity contribution in [1.82, 2.24) is 30.2 Å². The number of phenolic OH excluding ortho intramolecular Hbond substituents is 2. The molecule has 0 unspecified atom stereocenters. The molecule has 0 aromatic heterocycles. The number of rotatable bonds is 15. The van der Waals surface area contributed by atoms with Crippen LogP contribution >= 0.6 is 0 Å². The maximum atomic E-state index is 13.7. The number of benzene rings is 4. The predicted octanol–water partition coefficient (Wildman–Crippen LogP) is 7.47. The lowest BCUT2D eigenvalue weighted by molar-refractivity contribution is -0.141. The van der Waals surface area contributed by atoms with Crippen molar-refractivity contribution in [2.24, 2.45) is 5.41 Å². The quantitative estimate of drug-likeness (QED) is 0.0508. The normalized spacial score (nSPS) is 16.2. The van der Waals surface area contributed by atoms with Gasteiger partial charge in [-0.05, 0) is 67.0 Å². The molecule has 1 fully saturated rings. The van der Waals surface area contributed by atoms with Gasteiger partial charge in [-0.2, -0.15) is 0 Å². The van der Waals surface area contributed by atoms with Gasteiger partial charge in [0.1, 0.15) is 22.8 Å². The molecule has 6 amide bonds. The highest BCUT2D eigenvalue weighted by molar-refractivity contribution is 6.21. The van der Waals surface area contributed by atoms with E-state index in [4.69, 9.17) is 0 Å². The number of para-hydroxylation sites is 2. The van der Waals surface area contributed by atoms with Crippen molar-refractivity contribution in [2.45, 2.75) is 97.8 Å². The van der Waals surface area contributed by atoms with Gasteiger partial charge in [-0.15, -0.1) is 0 Å². The molecule has 2 atom stereocenters. The number of anilines is 2. The van der Waals surface area contributed by atoms with Crippen LogP contribution in [0.5, 0.6) is 11.5 Å². The van der Waals surface area contributed by atoms with E-state index in [-0.39, 0.29) is 105 Å². The minimum atomic E-state index is -0.513. The monoisotopic (exact) mass is 955 g/mol. The van der Waals surface area contributed by atoms with Crippen molar-refractivity contribution in [3.05, 3.63) is 142 Å². The first-order chi connectivity index (χ1) is 33.2. The first kappa shape index (κ1) is 51.8. The van der Waals surface area contributed by atoms with Crippen LogP contribution in [0.25, 0.3) is 0 Å². The molecular weight excluding hydrogens is 889 g/mol. The number of nitrogens with one attached hydrogen (secondary N) is 4. The van der Waals surface area contributed by atoms with Gasteiger partial charge in [-0.25, -0.2) is 0 Å². The number of hydrogen-bond donors (Lipinski definition) is 6. The first-order valence-electron chi connectivity index (χ1n) is 23.7. The number of phenols is 2. The average Bonchev–Trinajstić information content (AvgIpc) is 3.70. The van der Waals surface area contributed by atoms with Crippen LogP contribution in [0.1, 0.15) is 111 Å². The molecule has 3 aliphatic rings. The Bertz CT molecular complexity index is 2670. The van der Waals surface area contributed by atoms with Crippen LogP contribution in [0, 0.1) is 5.41 Å². The van der Waals surface area contributed by atoms with E-state index in [1.807, 2.05) is 95.3 Å². The zero-order valence-corrected chi connectivity index (χ0v) is 41.6. The van der Waals surface area contributed by atoms with Crippen molar-refractivity contribution in [3.63, 3.8) is 0 Å². The van der Waals surface area contributed by atoms with E-state index in [2.05, 4.69) is 21.3 Å². The fourth-order valence-electron chi connectivity index (χ4n) is 8.30. The average molecular weight is 955 g/mol. The number of aromatic hydroxyl groups is 2. The zero-order valence-electron chi connectivity index (χ0n) is 41.6. The molecule has 0 spiro atoms. The van der Waals surface area contributed by atoms with Crippen molar-refractivity contribution in [3.8, 4) is 11.5 Å². The lowest BCUT2D eigenvalue weighted by Crippen LogP contribution is -2.43. The number of carbonyl (C=O) groups is 6. The van der Waals surface area contributed by atoms with Crippen molar-refractivity contribution in [1.29, 1.82) is 0 Å². The van der Waals surface area contributed by atoms with Crippen molar-refractivity contribution >= 4 is 46.8 Å². The van der Waals surface area contributed by atoms with E-state index in [0.29, 0.717) is 6.42 Å². The highest BCUT2D eigenvalue weighted by Gasteiger charge is 2.44. The van der Waals surface area contributed by atoms with Crippen LogP contribution in [-0.2, 0) is 25.7 Å². The van der Waals surface area contributed by atoms with Crippen LogP contribution < -0.4 is 21.3 Å². The van der Waals surface area contributed by atoms with E-state index >= 15 is 0 Å². The molecular formula is C54H66N8O8. The Labute approximate surface area is 410 Å². The van der Waals surface area contributed by atoms with Crippen molar-refractivity contribution in [2.75, 3.05) is 38.8 Å². The molecule has 0 bridgehead atoms. The second-order valence-corrected chi connectivity index (χ2v) is 19.3. The van der Waals surface area contributed by atoms with Gasteiger partial charge in [0.25, 0.3) is 35.4 Å². The van der Waals surface area contributed by atoms with Gasteiger partial charge < -0.3 is 41.3 Å². The highest BCUT2D eigenvalue weighted by atomic mass is 16.3. The fraction of sp³-hybridized carbons (Fsp3) is 0.370. The van der Waals surface area contributed by atoms with E-state index < -0.39 is 17.7 Å². The molecule has 0 radical (unpaired) electrons. The van der Waals surface area contributed by atoms with E-state index in [1.54, 1.807) is 52.5 Å². The molecule has 7 rings (SSSR count). The number of imide groups is 2. The summed E-state index contributed by atoms with van der Waals surface area (Å²) in [5.41, 5.74) is 2.62. The Hall–Kier alpha value is -7.62. The topological polar surface area (TPSA) is 204 Å². The molecule has 370 valence electrons. The molecule has 2 aliphatic heterocycles. The lowest BCUT2D eigenvalue weighted by Gasteiger charge is -2.30. The SMILES string of the molecule is CC[C@@H](NC1=C(Nc2cccc(C(=O)N(C)C)c2O)C(=O)N(C2CCCCC2)C1=O)c1ccccc1.C[C@H](NC1=C(Nc2cccc(C(=O)N(C)C)c2O)C(=O)N(Cc2ccccc2)C1=O)C(C)(C)C. The van der Waals surface area contributed by atoms with E-state index in [9.17, 15) is 39.0 Å². The molecule has 16 nitrogen and oxygen atoms in total. The van der Waals surface area contributed by atoms with Gasteiger partial charge in [-0.3, -0.25) is 38.6 Å². The number of hydrogen-bond acceptors (Lipinski definition) is 12.